The largest absolute Gasteiger partial charge is 0.241 e. The third-order valence-electron chi connectivity index (χ3n) is 1.65. The van der Waals surface area contributed by atoms with Crippen LogP contribution in [-0.4, -0.2) is 14.9 Å². The molecule has 1 aromatic rings. The Labute approximate surface area is 114 Å². The Hall–Kier alpha value is 0.540. The summed E-state index contributed by atoms with van der Waals surface area (Å²) in [5.74, 6) is 0. The van der Waals surface area contributed by atoms with Gasteiger partial charge in [0.1, 0.15) is 0 Å². The van der Waals surface area contributed by atoms with Crippen molar-refractivity contribution in [2.45, 2.75) is 20.3 Å². The molecule has 1 heterocycles. The fourth-order valence-electron chi connectivity index (χ4n) is 1.06. The molecule has 1 rings (SSSR count). The van der Waals surface area contributed by atoms with Crippen LogP contribution in [0.5, 0.6) is 0 Å². The molecule has 0 aromatic carbocycles. The third kappa shape index (κ3) is 3.01. The van der Waals surface area contributed by atoms with Gasteiger partial charge in [0.2, 0.25) is 11.3 Å². The molecule has 0 amide bonds. The zero-order valence-electron chi connectivity index (χ0n) is 7.96. The average molecular weight is 422 g/mol. The van der Waals surface area contributed by atoms with Gasteiger partial charge in [0.15, 0.2) is 5.03 Å². The van der Waals surface area contributed by atoms with Gasteiger partial charge in [0.05, 0.1) is 0 Å². The van der Waals surface area contributed by atoms with Crippen molar-refractivity contribution in [2.24, 2.45) is 0 Å². The van der Waals surface area contributed by atoms with Crippen LogP contribution in [0.4, 0.5) is 0 Å². The van der Waals surface area contributed by atoms with Crippen LogP contribution in [0.15, 0.2) is 17.2 Å². The lowest BCUT2D eigenvalue weighted by Crippen LogP contribution is -2.19. The molecular formula is C8H8Br3NO2S. The van der Waals surface area contributed by atoms with Crippen molar-refractivity contribution in [3.8, 4) is 0 Å². The van der Waals surface area contributed by atoms with Crippen LogP contribution in [0.2, 0.25) is 0 Å². The molecule has 0 atom stereocenters. The molecule has 0 saturated carbocycles. The van der Waals surface area contributed by atoms with Crippen LogP contribution in [0.25, 0.3) is 0 Å². The lowest BCUT2D eigenvalue weighted by Gasteiger charge is -2.13. The minimum absolute atomic E-state index is 0.0330. The molecule has 0 unspecified atom stereocenters. The number of rotatable bonds is 1. The Morgan fingerprint density at radius 2 is 1.73 bits per heavy atom. The SMILES string of the molecule is Cc1cc(C)nc(S(=O)(=O)C(Br)(Br)Br)c1. The first-order valence-electron chi connectivity index (χ1n) is 3.91. The molecule has 1 aromatic heterocycles. The topological polar surface area (TPSA) is 47.0 Å². The van der Waals surface area contributed by atoms with Gasteiger partial charge in [0, 0.05) is 5.69 Å². The summed E-state index contributed by atoms with van der Waals surface area (Å²) in [6.45, 7) is 3.58. The molecule has 3 nitrogen and oxygen atoms in total. The maximum absolute atomic E-state index is 12.0. The van der Waals surface area contributed by atoms with Crippen LogP contribution < -0.4 is 0 Å². The number of aromatic nitrogens is 1. The van der Waals surface area contributed by atoms with Crippen molar-refractivity contribution in [1.82, 2.24) is 4.98 Å². The first-order valence-corrected chi connectivity index (χ1v) is 7.77. The molecular weight excluding hydrogens is 414 g/mol. The molecule has 0 aliphatic heterocycles. The lowest BCUT2D eigenvalue weighted by atomic mass is 10.3. The van der Waals surface area contributed by atoms with Gasteiger partial charge in [0.25, 0.3) is 0 Å². The van der Waals surface area contributed by atoms with Gasteiger partial charge in [-0.1, -0.05) is 0 Å². The molecule has 0 fully saturated rings. The van der Waals surface area contributed by atoms with Gasteiger partial charge >= 0.3 is 0 Å². The minimum Gasteiger partial charge on any atom is -0.241 e. The predicted octanol–water partition coefficient (Wildman–Crippen LogP) is 3.27. The van der Waals surface area contributed by atoms with Crippen LogP contribution in [-0.2, 0) is 9.84 Å². The number of aryl methyl sites for hydroxylation is 2. The number of nitrogens with zero attached hydrogens (tertiary/aromatic N) is 1. The van der Waals surface area contributed by atoms with Crippen LogP contribution in [0.1, 0.15) is 11.3 Å². The lowest BCUT2D eigenvalue weighted by molar-refractivity contribution is 0.594. The van der Waals surface area contributed by atoms with E-state index in [1.54, 1.807) is 6.92 Å². The van der Waals surface area contributed by atoms with E-state index < -0.39 is 11.3 Å². The Morgan fingerprint density at radius 1 is 1.20 bits per heavy atom. The second-order valence-electron chi connectivity index (χ2n) is 3.07. The summed E-state index contributed by atoms with van der Waals surface area (Å²) < 4.78 is 22.5. The second-order valence-corrected chi connectivity index (χ2v) is 13.4. The average Bonchev–Trinajstić information content (AvgIpc) is 1.99. The van der Waals surface area contributed by atoms with Gasteiger partial charge in [-0.2, -0.15) is 0 Å². The molecule has 0 spiro atoms. The van der Waals surface area contributed by atoms with Gasteiger partial charge in [-0.05, 0) is 79.3 Å². The predicted molar refractivity (Wildman–Crippen MR) is 70.4 cm³/mol. The van der Waals surface area contributed by atoms with E-state index in [0.717, 1.165) is 5.56 Å². The van der Waals surface area contributed by atoms with E-state index in [4.69, 9.17) is 0 Å². The van der Waals surface area contributed by atoms with Gasteiger partial charge < -0.3 is 0 Å². The molecule has 15 heavy (non-hydrogen) atoms. The summed E-state index contributed by atoms with van der Waals surface area (Å²) in [5, 5.41) is 0.0330. The van der Waals surface area contributed by atoms with E-state index in [2.05, 4.69) is 52.8 Å². The van der Waals surface area contributed by atoms with Crippen LogP contribution >= 0.6 is 47.8 Å². The number of hydrogen-bond acceptors (Lipinski definition) is 3. The molecule has 0 saturated heterocycles. The standard InChI is InChI=1S/C8H8Br3NO2S/c1-5-3-6(2)12-7(4-5)15(13,14)8(9,10)11/h3-4H,1-2H3. The summed E-state index contributed by atoms with van der Waals surface area (Å²) >= 11 is 8.97. The normalized spacial score (nSPS) is 12.9. The fourth-order valence-corrected chi connectivity index (χ4v) is 3.40. The smallest absolute Gasteiger partial charge is 0.240 e. The molecule has 0 aliphatic carbocycles. The second kappa shape index (κ2) is 4.43. The quantitative estimate of drug-likeness (QED) is 0.654. The highest BCUT2D eigenvalue weighted by Crippen LogP contribution is 2.42. The monoisotopic (exact) mass is 419 g/mol. The van der Waals surface area contributed by atoms with E-state index >= 15 is 0 Å². The highest BCUT2D eigenvalue weighted by atomic mass is 80.0. The summed E-state index contributed by atoms with van der Waals surface area (Å²) in [6, 6.07) is 3.35. The summed E-state index contributed by atoms with van der Waals surface area (Å²) in [5.41, 5.74) is 1.53. The van der Waals surface area contributed by atoms with E-state index in [9.17, 15) is 8.42 Å². The molecule has 0 aliphatic rings. The van der Waals surface area contributed by atoms with E-state index in [-0.39, 0.29) is 5.03 Å². The molecule has 84 valence electrons. The fraction of sp³-hybridized carbons (Fsp3) is 0.375. The number of halogens is 3. The van der Waals surface area contributed by atoms with Crippen LogP contribution in [0.3, 0.4) is 0 Å². The highest BCUT2D eigenvalue weighted by Gasteiger charge is 2.38. The first-order chi connectivity index (χ1) is 6.64. The highest BCUT2D eigenvalue weighted by molar-refractivity contribution is 9.42. The molecule has 0 N–H and O–H groups in total. The van der Waals surface area contributed by atoms with Crippen molar-refractivity contribution in [3.05, 3.63) is 23.4 Å². The number of alkyl halides is 3. The number of pyridine rings is 1. The summed E-state index contributed by atoms with van der Waals surface area (Å²) in [4.78, 5) is 3.99. The van der Waals surface area contributed by atoms with Gasteiger partial charge in [-0.15, -0.1) is 0 Å². The summed E-state index contributed by atoms with van der Waals surface area (Å²) in [6.07, 6.45) is 0. The first kappa shape index (κ1) is 13.6. The van der Waals surface area contributed by atoms with Crippen molar-refractivity contribution in [3.63, 3.8) is 0 Å². The molecule has 0 radical (unpaired) electrons. The Morgan fingerprint density at radius 3 is 2.13 bits per heavy atom. The Kier molecular flexibility index (Phi) is 4.01. The van der Waals surface area contributed by atoms with E-state index in [0.29, 0.717) is 5.69 Å². The van der Waals surface area contributed by atoms with E-state index in [1.807, 2.05) is 13.0 Å². The van der Waals surface area contributed by atoms with Crippen molar-refractivity contribution in [1.29, 1.82) is 0 Å². The van der Waals surface area contributed by atoms with Crippen LogP contribution in [0, 0.1) is 13.8 Å². The minimum atomic E-state index is -3.58. The Bertz CT molecular complexity index is 459. The van der Waals surface area contributed by atoms with Crippen molar-refractivity contribution in [2.75, 3.05) is 0 Å². The maximum Gasteiger partial charge on any atom is 0.240 e. The third-order valence-corrected chi connectivity index (χ3v) is 6.86. The molecule has 0 bridgehead atoms. The van der Waals surface area contributed by atoms with Crippen molar-refractivity contribution < 1.29 is 8.42 Å². The molecule has 7 heteroatoms. The zero-order valence-corrected chi connectivity index (χ0v) is 13.5. The maximum atomic E-state index is 12.0. The number of hydrogen-bond donors (Lipinski definition) is 0. The number of sulfone groups is 1. The van der Waals surface area contributed by atoms with Gasteiger partial charge in [-0.25, -0.2) is 13.4 Å². The Balaban J connectivity index is 3.41. The van der Waals surface area contributed by atoms with E-state index in [1.165, 1.54) is 6.07 Å². The zero-order chi connectivity index (χ0) is 11.9. The summed E-state index contributed by atoms with van der Waals surface area (Å²) in [7, 11) is -3.58. The van der Waals surface area contributed by atoms with Crippen molar-refractivity contribution >= 4 is 57.6 Å². The van der Waals surface area contributed by atoms with Gasteiger partial charge in [-0.3, -0.25) is 0 Å².